The first kappa shape index (κ1) is 18.2. The molecule has 2 N–H and O–H groups in total. The molecule has 24 heavy (non-hydrogen) atoms. The van der Waals surface area contributed by atoms with Gasteiger partial charge in [0.1, 0.15) is 5.82 Å². The topological polar surface area (TPSA) is 59.0 Å². The summed E-state index contributed by atoms with van der Waals surface area (Å²) in [6.07, 6.45) is 1.03. The largest absolute Gasteiger partial charge is 0.310 e. The van der Waals surface area contributed by atoms with E-state index in [1.54, 1.807) is 4.68 Å². The lowest BCUT2D eigenvalue weighted by Crippen LogP contribution is -2.34. The van der Waals surface area contributed by atoms with E-state index in [0.29, 0.717) is 11.7 Å². The number of aryl methyl sites for hydroxylation is 3. The normalized spacial score (nSPS) is 12.4. The highest BCUT2D eigenvalue weighted by Gasteiger charge is 2.17. The number of benzene rings is 1. The molecular formula is C19H28N4O. The maximum atomic E-state index is 12.2. The molecule has 1 heterocycles. The van der Waals surface area contributed by atoms with Crippen molar-refractivity contribution in [1.82, 2.24) is 15.1 Å². The van der Waals surface area contributed by atoms with Crippen LogP contribution in [-0.4, -0.2) is 22.2 Å². The van der Waals surface area contributed by atoms with Crippen molar-refractivity contribution in [1.29, 1.82) is 0 Å². The van der Waals surface area contributed by atoms with Crippen molar-refractivity contribution in [3.8, 4) is 0 Å². The van der Waals surface area contributed by atoms with Crippen molar-refractivity contribution in [2.45, 2.75) is 40.2 Å². The van der Waals surface area contributed by atoms with Gasteiger partial charge >= 0.3 is 0 Å². The number of carbonyl (C=O) groups excluding carboxylic acids is 1. The van der Waals surface area contributed by atoms with Crippen LogP contribution < -0.4 is 10.6 Å². The molecule has 1 unspecified atom stereocenters. The lowest BCUT2D eigenvalue weighted by Gasteiger charge is -2.23. The zero-order valence-corrected chi connectivity index (χ0v) is 15.3. The molecule has 1 amide bonds. The Morgan fingerprint density at radius 2 is 1.92 bits per heavy atom. The Kier molecular flexibility index (Phi) is 6.15. The molecule has 0 fully saturated rings. The molecule has 0 saturated carbocycles. The summed E-state index contributed by atoms with van der Waals surface area (Å²) in [7, 11) is 1.82. The average molecular weight is 328 g/mol. The van der Waals surface area contributed by atoms with Gasteiger partial charge in [0.05, 0.1) is 12.2 Å². The summed E-state index contributed by atoms with van der Waals surface area (Å²) in [4.78, 5) is 12.2. The number of anilines is 1. The van der Waals surface area contributed by atoms with Gasteiger partial charge in [-0.3, -0.25) is 9.48 Å². The summed E-state index contributed by atoms with van der Waals surface area (Å²) in [6.45, 7) is 8.64. The maximum absolute atomic E-state index is 12.2. The van der Waals surface area contributed by atoms with Crippen molar-refractivity contribution in [3.63, 3.8) is 0 Å². The third kappa shape index (κ3) is 4.68. The summed E-state index contributed by atoms with van der Waals surface area (Å²) in [6, 6.07) is 10.6. The highest BCUT2D eigenvalue weighted by Crippen LogP contribution is 2.22. The van der Waals surface area contributed by atoms with Crippen molar-refractivity contribution >= 4 is 11.7 Å². The van der Waals surface area contributed by atoms with Gasteiger partial charge < -0.3 is 10.6 Å². The zero-order valence-electron chi connectivity index (χ0n) is 15.3. The van der Waals surface area contributed by atoms with Gasteiger partial charge in [0.15, 0.2) is 0 Å². The molecule has 2 aromatic rings. The summed E-state index contributed by atoms with van der Waals surface area (Å²) in [5.41, 5.74) is 3.42. The second kappa shape index (κ2) is 8.11. The van der Waals surface area contributed by atoms with Crippen LogP contribution in [0, 0.1) is 12.8 Å². The van der Waals surface area contributed by atoms with Crippen molar-refractivity contribution in [2.75, 3.05) is 11.9 Å². The Bertz CT molecular complexity index is 673. The Hall–Kier alpha value is -2.14. The summed E-state index contributed by atoms with van der Waals surface area (Å²) < 4.78 is 1.68. The predicted octanol–water partition coefficient (Wildman–Crippen LogP) is 3.22. The Balaban J connectivity index is 1.97. The number of aromatic nitrogens is 2. The van der Waals surface area contributed by atoms with E-state index in [1.807, 2.05) is 20.0 Å². The molecule has 0 radical (unpaired) electrons. The minimum Gasteiger partial charge on any atom is -0.310 e. The molecule has 0 saturated heterocycles. The lowest BCUT2D eigenvalue weighted by molar-refractivity contribution is -0.115. The van der Waals surface area contributed by atoms with Gasteiger partial charge in [-0.2, -0.15) is 5.10 Å². The SMILES string of the molecule is CCc1ccc(C(NCC(=O)Nc2cc(C)nn2C)C(C)C)cc1. The molecule has 5 heteroatoms. The minimum atomic E-state index is -0.0613. The average Bonchev–Trinajstić information content (AvgIpc) is 2.85. The number of amides is 1. The van der Waals surface area contributed by atoms with E-state index in [-0.39, 0.29) is 18.5 Å². The van der Waals surface area contributed by atoms with Gasteiger partial charge in [-0.1, -0.05) is 45.0 Å². The van der Waals surface area contributed by atoms with Crippen LogP contribution in [0.1, 0.15) is 43.6 Å². The van der Waals surface area contributed by atoms with Crippen LogP contribution in [0.2, 0.25) is 0 Å². The highest BCUT2D eigenvalue weighted by molar-refractivity contribution is 5.91. The molecule has 0 spiro atoms. The first-order chi connectivity index (χ1) is 11.4. The van der Waals surface area contributed by atoms with Gasteiger partial charge in [0.25, 0.3) is 0 Å². The fourth-order valence-electron chi connectivity index (χ4n) is 2.82. The van der Waals surface area contributed by atoms with Crippen LogP contribution in [0.3, 0.4) is 0 Å². The van der Waals surface area contributed by atoms with E-state index in [1.165, 1.54) is 11.1 Å². The fraction of sp³-hybridized carbons (Fsp3) is 0.474. The monoisotopic (exact) mass is 328 g/mol. The number of carbonyl (C=O) groups is 1. The molecule has 0 aliphatic heterocycles. The second-order valence-electron chi connectivity index (χ2n) is 6.54. The Morgan fingerprint density at radius 3 is 2.42 bits per heavy atom. The number of rotatable bonds is 7. The molecule has 0 bridgehead atoms. The van der Waals surface area contributed by atoms with Crippen LogP contribution in [0.5, 0.6) is 0 Å². The Morgan fingerprint density at radius 1 is 1.25 bits per heavy atom. The van der Waals surface area contributed by atoms with E-state index >= 15 is 0 Å². The van der Waals surface area contributed by atoms with Gasteiger partial charge in [-0.05, 0) is 30.4 Å². The van der Waals surface area contributed by atoms with Crippen LogP contribution in [0.4, 0.5) is 5.82 Å². The molecule has 0 aliphatic rings. The molecular weight excluding hydrogens is 300 g/mol. The van der Waals surface area contributed by atoms with E-state index in [9.17, 15) is 4.79 Å². The van der Waals surface area contributed by atoms with E-state index < -0.39 is 0 Å². The number of hydrogen-bond acceptors (Lipinski definition) is 3. The van der Waals surface area contributed by atoms with Crippen molar-refractivity contribution < 1.29 is 4.79 Å². The van der Waals surface area contributed by atoms with E-state index in [0.717, 1.165) is 12.1 Å². The first-order valence-corrected chi connectivity index (χ1v) is 8.53. The molecule has 130 valence electrons. The third-order valence-corrected chi connectivity index (χ3v) is 4.17. The maximum Gasteiger partial charge on any atom is 0.239 e. The fourth-order valence-corrected chi connectivity index (χ4v) is 2.82. The quantitative estimate of drug-likeness (QED) is 0.820. The molecule has 1 aromatic heterocycles. The molecule has 1 atom stereocenters. The van der Waals surface area contributed by atoms with Crippen LogP contribution in [-0.2, 0) is 18.3 Å². The number of hydrogen-bond donors (Lipinski definition) is 2. The summed E-state index contributed by atoms with van der Waals surface area (Å²) in [5, 5.41) is 10.5. The standard InChI is InChI=1S/C19H28N4O/c1-6-15-7-9-16(10-8-15)19(13(2)3)20-12-18(24)21-17-11-14(4)22-23(17)5/h7-11,13,19-20H,6,12H2,1-5H3,(H,21,24). The van der Waals surface area contributed by atoms with Crippen molar-refractivity contribution in [2.24, 2.45) is 13.0 Å². The van der Waals surface area contributed by atoms with E-state index in [4.69, 9.17) is 0 Å². The number of nitrogens with one attached hydrogen (secondary N) is 2. The van der Waals surface area contributed by atoms with Gasteiger partial charge in [-0.25, -0.2) is 0 Å². The molecule has 2 rings (SSSR count). The summed E-state index contributed by atoms with van der Waals surface area (Å²) >= 11 is 0. The second-order valence-corrected chi connectivity index (χ2v) is 6.54. The van der Waals surface area contributed by atoms with Crippen molar-refractivity contribution in [3.05, 3.63) is 47.2 Å². The van der Waals surface area contributed by atoms with Gasteiger partial charge in [-0.15, -0.1) is 0 Å². The minimum absolute atomic E-state index is 0.0613. The lowest BCUT2D eigenvalue weighted by atomic mass is 9.95. The molecule has 5 nitrogen and oxygen atoms in total. The highest BCUT2D eigenvalue weighted by atomic mass is 16.2. The predicted molar refractivity (Wildman–Crippen MR) is 98.0 cm³/mol. The number of nitrogens with zero attached hydrogens (tertiary/aromatic N) is 2. The van der Waals surface area contributed by atoms with Crippen LogP contribution in [0.15, 0.2) is 30.3 Å². The van der Waals surface area contributed by atoms with Crippen LogP contribution in [0.25, 0.3) is 0 Å². The van der Waals surface area contributed by atoms with Gasteiger partial charge in [0.2, 0.25) is 5.91 Å². The zero-order chi connectivity index (χ0) is 17.7. The Labute approximate surface area is 144 Å². The smallest absolute Gasteiger partial charge is 0.239 e. The molecule has 0 aliphatic carbocycles. The third-order valence-electron chi connectivity index (χ3n) is 4.17. The molecule has 1 aromatic carbocycles. The van der Waals surface area contributed by atoms with Gasteiger partial charge in [0, 0.05) is 19.2 Å². The summed E-state index contributed by atoms with van der Waals surface area (Å²) in [5.74, 6) is 1.05. The van der Waals surface area contributed by atoms with Crippen LogP contribution >= 0.6 is 0 Å². The van der Waals surface area contributed by atoms with E-state index in [2.05, 4.69) is 60.8 Å². The first-order valence-electron chi connectivity index (χ1n) is 8.53.